The summed E-state index contributed by atoms with van der Waals surface area (Å²) in [6.07, 6.45) is 4.40. The van der Waals surface area contributed by atoms with Gasteiger partial charge in [0, 0.05) is 25.5 Å². The van der Waals surface area contributed by atoms with Gasteiger partial charge in [-0.3, -0.25) is 4.98 Å². The Bertz CT molecular complexity index is 857. The Morgan fingerprint density at radius 1 is 1.25 bits per heavy atom. The average molecular weight is 289 g/mol. The van der Waals surface area contributed by atoms with Crippen LogP contribution in [0.5, 0.6) is 5.75 Å². The molecule has 0 N–H and O–H groups in total. The van der Waals surface area contributed by atoms with Crippen LogP contribution in [0.3, 0.4) is 0 Å². The fraction of sp³-hybridized carbons (Fsp3) is 0.0769. The van der Waals surface area contributed by atoms with E-state index in [1.54, 1.807) is 24.5 Å². The molecule has 102 valence electrons. The summed E-state index contributed by atoms with van der Waals surface area (Å²) in [5.41, 5.74) is 1.57. The Morgan fingerprint density at radius 2 is 2.10 bits per heavy atom. The molecule has 20 heavy (non-hydrogen) atoms. The van der Waals surface area contributed by atoms with E-state index in [-0.39, 0.29) is 10.6 Å². The molecular formula is C13H11N3O3S. The van der Waals surface area contributed by atoms with E-state index >= 15 is 0 Å². The molecule has 0 saturated carbocycles. The molecule has 0 radical (unpaired) electrons. The topological polar surface area (TPSA) is 74.1 Å². The third-order valence-electron chi connectivity index (χ3n) is 2.83. The third-order valence-corrected chi connectivity index (χ3v) is 4.06. The van der Waals surface area contributed by atoms with Crippen molar-refractivity contribution >= 4 is 21.2 Å². The van der Waals surface area contributed by atoms with Crippen LogP contribution in [0.1, 0.15) is 0 Å². The zero-order valence-electron chi connectivity index (χ0n) is 10.6. The fourth-order valence-electron chi connectivity index (χ4n) is 1.84. The van der Waals surface area contributed by atoms with Crippen LogP contribution in [0, 0.1) is 0 Å². The molecule has 0 unspecified atom stereocenters. The van der Waals surface area contributed by atoms with Gasteiger partial charge < -0.3 is 8.75 Å². The van der Waals surface area contributed by atoms with Crippen molar-refractivity contribution in [3.8, 4) is 5.75 Å². The van der Waals surface area contributed by atoms with E-state index in [0.29, 0.717) is 5.52 Å². The number of aromatic nitrogens is 3. The number of rotatable bonds is 3. The molecule has 0 aliphatic carbocycles. The average Bonchev–Trinajstić information content (AvgIpc) is 2.80. The molecular weight excluding hydrogens is 278 g/mol. The highest BCUT2D eigenvalue weighted by molar-refractivity contribution is 7.87. The zero-order chi connectivity index (χ0) is 14.2. The first kappa shape index (κ1) is 12.6. The van der Waals surface area contributed by atoms with Crippen LogP contribution >= 0.6 is 0 Å². The Labute approximate surface area is 115 Å². The number of aryl methyl sites for hydroxylation is 1. The smallest absolute Gasteiger partial charge is 0.340 e. The van der Waals surface area contributed by atoms with Crippen LogP contribution in [0.25, 0.3) is 11.0 Å². The molecule has 0 aliphatic rings. The predicted molar refractivity (Wildman–Crippen MR) is 72.8 cm³/mol. The van der Waals surface area contributed by atoms with Crippen LogP contribution in [0.4, 0.5) is 0 Å². The van der Waals surface area contributed by atoms with E-state index in [4.69, 9.17) is 4.18 Å². The summed E-state index contributed by atoms with van der Waals surface area (Å²) < 4.78 is 31.0. The quantitative estimate of drug-likeness (QED) is 0.687. The van der Waals surface area contributed by atoms with Gasteiger partial charge >= 0.3 is 10.1 Å². The van der Waals surface area contributed by atoms with E-state index in [2.05, 4.69) is 9.97 Å². The van der Waals surface area contributed by atoms with Crippen molar-refractivity contribution < 1.29 is 12.6 Å². The maximum atomic E-state index is 12.1. The van der Waals surface area contributed by atoms with Gasteiger partial charge in [0.05, 0.1) is 17.4 Å². The summed E-state index contributed by atoms with van der Waals surface area (Å²) in [7, 11) is -2.01. The SMILES string of the molecule is Cn1cnc2cc(OS(=O)(=O)c3cccnc3)ccc21. The molecule has 0 atom stereocenters. The molecule has 0 saturated heterocycles. The highest BCUT2D eigenvalue weighted by Crippen LogP contribution is 2.22. The monoisotopic (exact) mass is 289 g/mol. The highest BCUT2D eigenvalue weighted by Gasteiger charge is 2.17. The van der Waals surface area contributed by atoms with Gasteiger partial charge in [-0.15, -0.1) is 0 Å². The van der Waals surface area contributed by atoms with E-state index < -0.39 is 10.1 Å². The minimum Gasteiger partial charge on any atom is -0.379 e. The van der Waals surface area contributed by atoms with Crippen LogP contribution in [-0.2, 0) is 17.2 Å². The van der Waals surface area contributed by atoms with Gasteiger partial charge in [-0.2, -0.15) is 8.42 Å². The van der Waals surface area contributed by atoms with Crippen LogP contribution in [-0.4, -0.2) is 23.0 Å². The summed E-state index contributed by atoms with van der Waals surface area (Å²) in [5, 5.41) is 0. The molecule has 2 heterocycles. The van der Waals surface area contributed by atoms with Gasteiger partial charge in [-0.05, 0) is 24.3 Å². The summed E-state index contributed by atoms with van der Waals surface area (Å²) in [4.78, 5) is 7.94. The first-order chi connectivity index (χ1) is 9.56. The zero-order valence-corrected chi connectivity index (χ0v) is 11.4. The van der Waals surface area contributed by atoms with E-state index in [9.17, 15) is 8.42 Å². The van der Waals surface area contributed by atoms with Crippen LogP contribution in [0.15, 0.2) is 53.9 Å². The highest BCUT2D eigenvalue weighted by atomic mass is 32.2. The van der Waals surface area contributed by atoms with Crippen molar-refractivity contribution in [3.05, 3.63) is 49.1 Å². The minimum atomic E-state index is -3.87. The van der Waals surface area contributed by atoms with E-state index in [1.807, 2.05) is 11.6 Å². The van der Waals surface area contributed by atoms with Crippen molar-refractivity contribution in [3.63, 3.8) is 0 Å². The molecule has 0 spiro atoms. The third kappa shape index (κ3) is 2.23. The molecule has 6 nitrogen and oxygen atoms in total. The number of hydrogen-bond acceptors (Lipinski definition) is 5. The Morgan fingerprint density at radius 3 is 2.85 bits per heavy atom. The molecule has 0 amide bonds. The molecule has 3 rings (SSSR count). The normalized spacial score (nSPS) is 11.7. The maximum absolute atomic E-state index is 12.1. The second-order valence-electron chi connectivity index (χ2n) is 4.23. The predicted octanol–water partition coefficient (Wildman–Crippen LogP) is 1.74. The van der Waals surface area contributed by atoms with Gasteiger partial charge in [0.25, 0.3) is 0 Å². The van der Waals surface area contributed by atoms with Crippen molar-refractivity contribution in [1.82, 2.24) is 14.5 Å². The molecule has 0 fully saturated rings. The Hall–Kier alpha value is -2.41. The molecule has 3 aromatic rings. The molecule has 0 aliphatic heterocycles. The summed E-state index contributed by atoms with van der Waals surface area (Å²) in [6, 6.07) is 7.91. The molecule has 1 aromatic carbocycles. The summed E-state index contributed by atoms with van der Waals surface area (Å²) in [6.45, 7) is 0. The second kappa shape index (κ2) is 4.61. The van der Waals surface area contributed by atoms with Crippen molar-refractivity contribution in [1.29, 1.82) is 0 Å². The van der Waals surface area contributed by atoms with Gasteiger partial charge in [-0.1, -0.05) is 0 Å². The van der Waals surface area contributed by atoms with Gasteiger partial charge in [0.1, 0.15) is 10.6 Å². The van der Waals surface area contributed by atoms with E-state index in [1.165, 1.54) is 24.5 Å². The van der Waals surface area contributed by atoms with Crippen molar-refractivity contribution in [2.45, 2.75) is 4.90 Å². The van der Waals surface area contributed by atoms with Gasteiger partial charge in [0.2, 0.25) is 0 Å². The molecule has 7 heteroatoms. The van der Waals surface area contributed by atoms with Crippen molar-refractivity contribution in [2.24, 2.45) is 7.05 Å². The molecule has 0 bridgehead atoms. The lowest BCUT2D eigenvalue weighted by Gasteiger charge is -2.06. The summed E-state index contributed by atoms with van der Waals surface area (Å²) >= 11 is 0. The Kier molecular flexibility index (Phi) is 2.90. The number of benzene rings is 1. The standard InChI is InChI=1S/C13H11N3O3S/c1-16-9-15-12-7-10(4-5-13(12)16)19-20(17,18)11-3-2-6-14-8-11/h2-9H,1H3. The van der Waals surface area contributed by atoms with Gasteiger partial charge in [-0.25, -0.2) is 4.98 Å². The van der Waals surface area contributed by atoms with Crippen LogP contribution in [0.2, 0.25) is 0 Å². The number of nitrogens with zero attached hydrogens (tertiary/aromatic N) is 3. The largest absolute Gasteiger partial charge is 0.379 e. The lowest BCUT2D eigenvalue weighted by molar-refractivity contribution is 0.486. The lowest BCUT2D eigenvalue weighted by Crippen LogP contribution is -2.09. The van der Waals surface area contributed by atoms with Gasteiger partial charge in [0.15, 0.2) is 0 Å². The second-order valence-corrected chi connectivity index (χ2v) is 5.78. The number of imidazole rings is 1. The fourth-order valence-corrected chi connectivity index (χ4v) is 2.73. The number of fused-ring (bicyclic) bond motifs is 1. The minimum absolute atomic E-state index is 0.0149. The van der Waals surface area contributed by atoms with Crippen LogP contribution < -0.4 is 4.18 Å². The number of pyridine rings is 1. The number of hydrogen-bond donors (Lipinski definition) is 0. The van der Waals surface area contributed by atoms with Crippen molar-refractivity contribution in [2.75, 3.05) is 0 Å². The van der Waals surface area contributed by atoms with E-state index in [0.717, 1.165) is 5.52 Å². The molecule has 2 aromatic heterocycles. The summed E-state index contributed by atoms with van der Waals surface area (Å²) in [5.74, 6) is 0.222. The lowest BCUT2D eigenvalue weighted by atomic mass is 10.3. The Balaban J connectivity index is 1.97. The maximum Gasteiger partial charge on any atom is 0.340 e. The first-order valence-corrected chi connectivity index (χ1v) is 7.23. The first-order valence-electron chi connectivity index (χ1n) is 5.82.